The molecule has 0 saturated carbocycles. The summed E-state index contributed by atoms with van der Waals surface area (Å²) in [5.41, 5.74) is 0.825. The third-order valence-corrected chi connectivity index (χ3v) is 2.64. The van der Waals surface area contributed by atoms with Crippen molar-refractivity contribution >= 4 is 23.5 Å². The lowest BCUT2D eigenvalue weighted by atomic mass is 9.96. The number of esters is 1. The van der Waals surface area contributed by atoms with Crippen LogP contribution in [0.25, 0.3) is 0 Å². The van der Waals surface area contributed by atoms with E-state index in [-0.39, 0.29) is 12.8 Å². The number of benzene rings is 1. The van der Waals surface area contributed by atoms with Crippen molar-refractivity contribution < 1.29 is 19.4 Å². The molecule has 0 aromatic heterocycles. The Morgan fingerprint density at radius 1 is 1.35 bits per heavy atom. The van der Waals surface area contributed by atoms with Crippen LogP contribution in [0, 0.1) is 5.92 Å². The van der Waals surface area contributed by atoms with Gasteiger partial charge in [-0.2, -0.15) is 0 Å². The van der Waals surface area contributed by atoms with Crippen molar-refractivity contribution in [3.63, 3.8) is 0 Å². The number of methoxy groups -OCH3 is 1. The Balaban J connectivity index is 2.70. The molecule has 5 heteroatoms. The maximum Gasteiger partial charge on any atom is 0.307 e. The van der Waals surface area contributed by atoms with E-state index in [1.54, 1.807) is 24.3 Å². The number of hydrogen-bond donors (Lipinski definition) is 1. The second-order valence-electron chi connectivity index (χ2n) is 3.65. The Kier molecular flexibility index (Phi) is 4.97. The molecule has 1 aromatic carbocycles. The topological polar surface area (TPSA) is 63.6 Å². The van der Waals surface area contributed by atoms with Crippen LogP contribution in [0.15, 0.2) is 24.3 Å². The lowest BCUT2D eigenvalue weighted by Crippen LogP contribution is -2.21. The zero-order chi connectivity index (χ0) is 12.8. The number of carbonyl (C=O) groups is 2. The summed E-state index contributed by atoms with van der Waals surface area (Å²) < 4.78 is 4.46. The first-order chi connectivity index (χ1) is 8.02. The first-order valence-electron chi connectivity index (χ1n) is 5.07. The van der Waals surface area contributed by atoms with Gasteiger partial charge in [0.25, 0.3) is 0 Å². The number of carbonyl (C=O) groups excluding carboxylic acids is 1. The van der Waals surface area contributed by atoms with Crippen molar-refractivity contribution in [2.24, 2.45) is 5.92 Å². The van der Waals surface area contributed by atoms with E-state index in [1.165, 1.54) is 7.11 Å². The summed E-state index contributed by atoms with van der Waals surface area (Å²) in [6, 6.07) is 6.87. The smallest absolute Gasteiger partial charge is 0.307 e. The molecule has 4 nitrogen and oxygen atoms in total. The van der Waals surface area contributed by atoms with Gasteiger partial charge in [0.15, 0.2) is 0 Å². The number of ether oxygens (including phenoxy) is 1. The van der Waals surface area contributed by atoms with E-state index in [4.69, 9.17) is 16.7 Å². The molecule has 0 aliphatic rings. The van der Waals surface area contributed by atoms with E-state index in [1.807, 2.05) is 0 Å². The van der Waals surface area contributed by atoms with Crippen molar-refractivity contribution in [2.75, 3.05) is 7.11 Å². The summed E-state index contributed by atoms with van der Waals surface area (Å²) in [5, 5.41) is 9.59. The molecule has 1 rings (SSSR count). The van der Waals surface area contributed by atoms with E-state index in [0.29, 0.717) is 5.02 Å². The Labute approximate surface area is 104 Å². The van der Waals surface area contributed by atoms with Gasteiger partial charge in [0.2, 0.25) is 0 Å². The summed E-state index contributed by atoms with van der Waals surface area (Å²) in [6.45, 7) is 0. The highest BCUT2D eigenvalue weighted by atomic mass is 35.5. The average molecular weight is 257 g/mol. The van der Waals surface area contributed by atoms with Crippen LogP contribution in [-0.4, -0.2) is 24.2 Å². The predicted molar refractivity (Wildman–Crippen MR) is 62.9 cm³/mol. The van der Waals surface area contributed by atoms with Crippen LogP contribution in [0.4, 0.5) is 0 Å². The van der Waals surface area contributed by atoms with Crippen molar-refractivity contribution in [3.05, 3.63) is 34.9 Å². The molecular formula is C12H13ClO4. The Morgan fingerprint density at radius 3 is 2.41 bits per heavy atom. The molecule has 0 bridgehead atoms. The van der Waals surface area contributed by atoms with Gasteiger partial charge in [-0.15, -0.1) is 0 Å². The molecule has 0 spiro atoms. The first-order valence-corrected chi connectivity index (χ1v) is 5.44. The highest BCUT2D eigenvalue weighted by Crippen LogP contribution is 2.16. The average Bonchev–Trinajstić information content (AvgIpc) is 2.30. The second kappa shape index (κ2) is 6.25. The molecule has 0 amide bonds. The lowest BCUT2D eigenvalue weighted by molar-refractivity contribution is -0.149. The van der Waals surface area contributed by atoms with Gasteiger partial charge in [0, 0.05) is 5.02 Å². The number of aliphatic carboxylic acids is 1. The van der Waals surface area contributed by atoms with Gasteiger partial charge >= 0.3 is 11.9 Å². The van der Waals surface area contributed by atoms with Crippen LogP contribution in [0.5, 0.6) is 0 Å². The molecule has 0 aliphatic heterocycles. The summed E-state index contributed by atoms with van der Waals surface area (Å²) in [6.07, 6.45) is 0.149. The quantitative estimate of drug-likeness (QED) is 0.820. The van der Waals surface area contributed by atoms with E-state index in [0.717, 1.165) is 5.56 Å². The number of halogens is 1. The van der Waals surface area contributed by atoms with Crippen molar-refractivity contribution in [1.82, 2.24) is 0 Å². The zero-order valence-electron chi connectivity index (χ0n) is 9.35. The highest BCUT2D eigenvalue weighted by molar-refractivity contribution is 6.30. The van der Waals surface area contributed by atoms with Crippen LogP contribution in [0.1, 0.15) is 12.0 Å². The largest absolute Gasteiger partial charge is 0.481 e. The maximum atomic E-state index is 11.1. The minimum absolute atomic E-state index is 0.130. The van der Waals surface area contributed by atoms with Crippen molar-refractivity contribution in [1.29, 1.82) is 0 Å². The van der Waals surface area contributed by atoms with Crippen molar-refractivity contribution in [3.8, 4) is 0 Å². The van der Waals surface area contributed by atoms with Gasteiger partial charge in [-0.25, -0.2) is 0 Å². The Morgan fingerprint density at radius 2 is 1.94 bits per heavy atom. The van der Waals surface area contributed by atoms with Crippen LogP contribution in [-0.2, 0) is 20.7 Å². The third-order valence-electron chi connectivity index (χ3n) is 2.39. The third kappa shape index (κ3) is 4.44. The molecular weight excluding hydrogens is 244 g/mol. The molecule has 0 fully saturated rings. The van der Waals surface area contributed by atoms with E-state index in [2.05, 4.69) is 4.74 Å². The number of carboxylic acids is 1. The minimum atomic E-state index is -1.01. The standard InChI is InChI=1S/C12H13ClO4/c1-17-11(14)7-9(12(15)16)6-8-2-4-10(13)5-3-8/h2-5,9H,6-7H2,1H3,(H,15,16). The van der Waals surface area contributed by atoms with Crippen LogP contribution >= 0.6 is 11.6 Å². The molecule has 0 heterocycles. The molecule has 0 aliphatic carbocycles. The van der Waals surface area contributed by atoms with Crippen LogP contribution in [0.2, 0.25) is 5.02 Å². The SMILES string of the molecule is COC(=O)CC(Cc1ccc(Cl)cc1)C(=O)O. The molecule has 0 radical (unpaired) electrons. The summed E-state index contributed by atoms with van der Waals surface area (Å²) in [7, 11) is 1.24. The number of hydrogen-bond acceptors (Lipinski definition) is 3. The van der Waals surface area contributed by atoms with Crippen LogP contribution < -0.4 is 0 Å². The summed E-state index contributed by atoms with van der Waals surface area (Å²) in [5.74, 6) is -2.31. The fourth-order valence-electron chi connectivity index (χ4n) is 1.44. The molecule has 1 N–H and O–H groups in total. The van der Waals surface area contributed by atoms with Crippen molar-refractivity contribution in [2.45, 2.75) is 12.8 Å². The summed E-state index contributed by atoms with van der Waals surface area (Å²) >= 11 is 5.73. The predicted octanol–water partition coefficient (Wildman–Crippen LogP) is 2.15. The number of rotatable bonds is 5. The number of carboxylic acid groups (broad SMARTS) is 1. The zero-order valence-corrected chi connectivity index (χ0v) is 10.1. The highest BCUT2D eigenvalue weighted by Gasteiger charge is 2.22. The van der Waals surface area contributed by atoms with Crippen LogP contribution in [0.3, 0.4) is 0 Å². The first kappa shape index (κ1) is 13.5. The monoisotopic (exact) mass is 256 g/mol. The fraction of sp³-hybridized carbons (Fsp3) is 0.333. The van der Waals surface area contributed by atoms with Gasteiger partial charge in [0.05, 0.1) is 19.4 Å². The Bertz CT molecular complexity index is 399. The summed E-state index contributed by atoms with van der Waals surface area (Å²) in [4.78, 5) is 22.1. The molecule has 1 aromatic rings. The Hall–Kier alpha value is -1.55. The molecule has 92 valence electrons. The second-order valence-corrected chi connectivity index (χ2v) is 4.08. The maximum absolute atomic E-state index is 11.1. The lowest BCUT2D eigenvalue weighted by Gasteiger charge is -2.10. The molecule has 17 heavy (non-hydrogen) atoms. The van der Waals surface area contributed by atoms with E-state index in [9.17, 15) is 9.59 Å². The van der Waals surface area contributed by atoms with Gasteiger partial charge < -0.3 is 9.84 Å². The van der Waals surface area contributed by atoms with Gasteiger partial charge in [-0.05, 0) is 24.1 Å². The van der Waals surface area contributed by atoms with Gasteiger partial charge in [0.1, 0.15) is 0 Å². The van der Waals surface area contributed by atoms with Gasteiger partial charge in [-0.1, -0.05) is 23.7 Å². The van der Waals surface area contributed by atoms with E-state index < -0.39 is 17.9 Å². The minimum Gasteiger partial charge on any atom is -0.481 e. The molecule has 1 atom stereocenters. The molecule has 1 unspecified atom stereocenters. The van der Waals surface area contributed by atoms with Gasteiger partial charge in [-0.3, -0.25) is 9.59 Å². The normalized spacial score (nSPS) is 11.9. The van der Waals surface area contributed by atoms with E-state index >= 15 is 0 Å². The molecule has 0 saturated heterocycles. The fourth-order valence-corrected chi connectivity index (χ4v) is 1.56.